The molecule has 0 radical (unpaired) electrons. The molecule has 57 heavy (non-hydrogen) atoms. The van der Waals surface area contributed by atoms with Crippen molar-refractivity contribution in [2.24, 2.45) is 5.92 Å². The Labute approximate surface area is 332 Å². The van der Waals surface area contributed by atoms with Gasteiger partial charge in [0.15, 0.2) is 11.5 Å². The molecule has 1 amide bonds. The van der Waals surface area contributed by atoms with E-state index in [2.05, 4.69) is 17.1 Å². The fourth-order valence-electron chi connectivity index (χ4n) is 7.04. The number of aliphatic carboxylic acids is 2. The predicted molar refractivity (Wildman–Crippen MR) is 207 cm³/mol. The van der Waals surface area contributed by atoms with Crippen molar-refractivity contribution in [1.29, 1.82) is 0 Å². The van der Waals surface area contributed by atoms with E-state index in [0.29, 0.717) is 56.2 Å². The molecule has 5 atom stereocenters. The molecule has 0 aromatic heterocycles. The lowest BCUT2D eigenvalue weighted by Gasteiger charge is -2.30. The molecule has 14 heteroatoms. The number of benzene rings is 3. The first-order valence-electron chi connectivity index (χ1n) is 19.5. The molecule has 0 aliphatic carbocycles. The zero-order valence-electron chi connectivity index (χ0n) is 32.4. The zero-order chi connectivity index (χ0) is 40.9. The Hall–Kier alpha value is -5.47. The van der Waals surface area contributed by atoms with E-state index in [1.807, 2.05) is 0 Å². The predicted octanol–water partition coefficient (Wildman–Crippen LogP) is 5.13. The number of esters is 2. The molecule has 5 rings (SSSR count). The van der Waals surface area contributed by atoms with Crippen LogP contribution in [0.15, 0.2) is 66.7 Å². The average molecular weight is 789 g/mol. The highest BCUT2D eigenvalue weighted by molar-refractivity contribution is 5.95. The highest BCUT2D eigenvalue weighted by Crippen LogP contribution is 2.34. The molecule has 2 aliphatic heterocycles. The van der Waals surface area contributed by atoms with Gasteiger partial charge in [0.05, 0.1) is 17.2 Å². The van der Waals surface area contributed by atoms with Crippen LogP contribution in [-0.4, -0.2) is 101 Å². The van der Waals surface area contributed by atoms with Crippen LogP contribution in [0.5, 0.6) is 11.5 Å². The first kappa shape index (κ1) is 42.7. The van der Waals surface area contributed by atoms with Crippen molar-refractivity contribution < 1.29 is 58.2 Å². The summed E-state index contributed by atoms with van der Waals surface area (Å²) in [4.78, 5) is 64.9. The Bertz CT molecular complexity index is 1850. The van der Waals surface area contributed by atoms with Crippen molar-refractivity contribution in [2.75, 3.05) is 32.8 Å². The van der Waals surface area contributed by atoms with Crippen LogP contribution in [0.1, 0.15) is 95.4 Å². The van der Waals surface area contributed by atoms with Crippen LogP contribution in [0.3, 0.4) is 0 Å². The molecule has 0 spiro atoms. The van der Waals surface area contributed by atoms with E-state index >= 15 is 0 Å². The first-order chi connectivity index (χ1) is 27.4. The number of carboxylic acids is 2. The third-order valence-corrected chi connectivity index (χ3v) is 10.2. The summed E-state index contributed by atoms with van der Waals surface area (Å²) in [5, 5.41) is 34.1. The van der Waals surface area contributed by atoms with Gasteiger partial charge in [-0.15, -0.1) is 0 Å². The van der Waals surface area contributed by atoms with E-state index < -0.39 is 48.2 Å². The van der Waals surface area contributed by atoms with Gasteiger partial charge >= 0.3 is 23.9 Å². The molecular formula is C43H52N2O12. The molecule has 0 bridgehead atoms. The third-order valence-electron chi connectivity index (χ3n) is 10.2. The van der Waals surface area contributed by atoms with Crippen LogP contribution in [-0.2, 0) is 30.3 Å². The Kier molecular flexibility index (Phi) is 15.4. The van der Waals surface area contributed by atoms with Crippen molar-refractivity contribution in [3.63, 3.8) is 0 Å². The number of hydrogen-bond acceptors (Lipinski definition) is 11. The maximum atomic E-state index is 13.1. The fraction of sp³-hybridized carbons (Fsp3) is 0.465. The summed E-state index contributed by atoms with van der Waals surface area (Å²) >= 11 is 0. The number of aryl methyl sites for hydroxylation is 1. The Morgan fingerprint density at radius 3 is 2.02 bits per heavy atom. The number of carbonyl (C=O) groups is 5. The average Bonchev–Trinajstić information content (AvgIpc) is 3.64. The molecule has 14 nitrogen and oxygen atoms in total. The minimum absolute atomic E-state index is 0.00697. The second-order valence-electron chi connectivity index (χ2n) is 14.7. The van der Waals surface area contributed by atoms with Crippen molar-refractivity contribution in [3.05, 3.63) is 94.5 Å². The Balaban J connectivity index is 1.18. The molecule has 3 aromatic rings. The lowest BCUT2D eigenvalue weighted by Crippen LogP contribution is -2.46. The molecule has 4 N–H and O–H groups in total. The van der Waals surface area contributed by atoms with E-state index in [-0.39, 0.29) is 23.0 Å². The maximum Gasteiger partial charge on any atom is 0.349 e. The van der Waals surface area contributed by atoms with Crippen LogP contribution in [0.2, 0.25) is 0 Å². The zero-order valence-corrected chi connectivity index (χ0v) is 32.4. The van der Waals surface area contributed by atoms with Gasteiger partial charge < -0.3 is 44.5 Å². The number of likely N-dealkylation sites (tertiary alicyclic amines) is 1. The summed E-state index contributed by atoms with van der Waals surface area (Å²) in [6.07, 6.45) is 1.44. The minimum atomic E-state index is -2.30. The minimum Gasteiger partial charge on any atom is -0.486 e. The summed E-state index contributed by atoms with van der Waals surface area (Å²) in [6.45, 7) is 6.70. The normalized spacial score (nSPS) is 17.1. The van der Waals surface area contributed by atoms with Gasteiger partial charge in [-0.2, -0.15) is 0 Å². The van der Waals surface area contributed by atoms with E-state index in [4.69, 9.17) is 18.9 Å². The highest BCUT2D eigenvalue weighted by Gasteiger charge is 2.41. The van der Waals surface area contributed by atoms with Gasteiger partial charge in [0, 0.05) is 19.5 Å². The fourth-order valence-corrected chi connectivity index (χ4v) is 7.04. The molecule has 3 aromatic carbocycles. The summed E-state index contributed by atoms with van der Waals surface area (Å²) in [5.74, 6) is -4.44. The van der Waals surface area contributed by atoms with Crippen LogP contribution < -0.4 is 14.8 Å². The van der Waals surface area contributed by atoms with E-state index in [1.54, 1.807) is 49.4 Å². The van der Waals surface area contributed by atoms with Gasteiger partial charge in [-0.05, 0) is 86.2 Å². The number of rotatable bonds is 20. The second-order valence-corrected chi connectivity index (χ2v) is 14.7. The number of hydrogen-bond donors (Lipinski definition) is 4. The second kappa shape index (κ2) is 20.6. The number of carboxylic acid groups (broad SMARTS) is 2. The lowest BCUT2D eigenvalue weighted by molar-refractivity contribution is -0.166. The van der Waals surface area contributed by atoms with E-state index in [0.717, 1.165) is 56.2 Å². The molecule has 1 saturated heterocycles. The first-order valence-corrected chi connectivity index (χ1v) is 19.5. The maximum absolute atomic E-state index is 13.1. The van der Waals surface area contributed by atoms with Gasteiger partial charge in [0.2, 0.25) is 18.1 Å². The number of carbonyl (C=O) groups excluding carboxylic acids is 3. The summed E-state index contributed by atoms with van der Waals surface area (Å²) < 4.78 is 21.4. The van der Waals surface area contributed by atoms with Gasteiger partial charge in [-0.25, -0.2) is 19.2 Å². The Morgan fingerprint density at radius 2 is 1.40 bits per heavy atom. The summed E-state index contributed by atoms with van der Waals surface area (Å²) in [6, 6.07) is 17.2. The number of aliphatic hydroxyl groups excluding tert-OH is 1. The van der Waals surface area contributed by atoms with Gasteiger partial charge in [-0.3, -0.25) is 4.79 Å². The van der Waals surface area contributed by atoms with Crippen LogP contribution in [0.25, 0.3) is 0 Å². The summed E-state index contributed by atoms with van der Waals surface area (Å²) in [5.41, 5.74) is 2.37. The lowest BCUT2D eigenvalue weighted by atomic mass is 9.97. The summed E-state index contributed by atoms with van der Waals surface area (Å²) in [7, 11) is 0. The molecular weight excluding hydrogens is 736 g/mol. The molecule has 306 valence electrons. The van der Waals surface area contributed by atoms with E-state index in [9.17, 15) is 39.3 Å². The largest absolute Gasteiger partial charge is 0.486 e. The number of aliphatic hydroxyl groups is 1. The quantitative estimate of drug-likeness (QED) is 0.0869. The number of amides is 1. The molecule has 2 heterocycles. The molecule has 2 aliphatic rings. The van der Waals surface area contributed by atoms with Crippen molar-refractivity contribution >= 4 is 29.8 Å². The molecule has 2 unspecified atom stereocenters. The number of nitrogens with one attached hydrogen (secondary N) is 1. The Morgan fingerprint density at radius 1 is 0.807 bits per heavy atom. The number of nitrogens with zero attached hydrogens (tertiary/aromatic N) is 1. The van der Waals surface area contributed by atoms with Crippen molar-refractivity contribution in [3.8, 4) is 11.5 Å². The smallest absolute Gasteiger partial charge is 0.349 e. The van der Waals surface area contributed by atoms with E-state index in [1.165, 1.54) is 24.3 Å². The number of unbranched alkanes of at least 4 members (excludes halogenated alkanes) is 4. The standard InChI is InChI=1S/C43H52N2O12/c1-3-4-5-6-7-8-36(46)44-33(37(47)32-17-18-34-35(24-32)55-22-21-54-34)26-45-20-19-29(25-45)23-28-11-15-31(16-12-28)43(53)57-39(41(50)51)38(40(48)49)56-42(52)30-13-9-27(2)10-14-30/h9-18,24,29,33,37-39,47H,3-8,19-23,25-26H2,1-2H3,(H,44,46)(H,48,49)(H,50,51)/t29?,33?,37-,38+,39+/m1/s1. The number of ether oxygens (including phenoxy) is 4. The van der Waals surface area contributed by atoms with Gasteiger partial charge in [0.1, 0.15) is 19.3 Å². The van der Waals surface area contributed by atoms with Crippen molar-refractivity contribution in [2.45, 2.75) is 89.6 Å². The van der Waals surface area contributed by atoms with Crippen molar-refractivity contribution in [1.82, 2.24) is 10.2 Å². The van der Waals surface area contributed by atoms with Crippen LogP contribution >= 0.6 is 0 Å². The third kappa shape index (κ3) is 12.3. The van der Waals surface area contributed by atoms with Gasteiger partial charge in [0.25, 0.3) is 0 Å². The van der Waals surface area contributed by atoms with Gasteiger partial charge in [-0.1, -0.05) is 68.5 Å². The SMILES string of the molecule is CCCCCCCC(=O)NC(CN1CCC(Cc2ccc(C(=O)O[C@H](C(=O)O)[C@H](OC(=O)c3ccc(C)cc3)C(=O)O)cc2)C1)[C@H](O)c1ccc2c(c1)OCCO2. The highest BCUT2D eigenvalue weighted by atomic mass is 16.6. The van der Waals surface area contributed by atoms with Crippen LogP contribution in [0.4, 0.5) is 0 Å². The number of fused-ring (bicyclic) bond motifs is 1. The monoisotopic (exact) mass is 788 g/mol. The van der Waals surface area contributed by atoms with Crippen LogP contribution in [0, 0.1) is 12.8 Å². The molecule has 1 fully saturated rings. The molecule has 0 saturated carbocycles. The topological polar surface area (TPSA) is 198 Å².